The second-order valence-corrected chi connectivity index (χ2v) is 5.60. The second-order valence-electron chi connectivity index (χ2n) is 5.60. The molecule has 2 atom stereocenters. The number of carbonyl (C=O) groups excluding carboxylic acids is 1. The maximum Gasteiger partial charge on any atom is 0.347 e. The molecule has 1 heterocycles. The third-order valence-electron chi connectivity index (χ3n) is 3.70. The molecule has 1 aliphatic rings. The lowest BCUT2D eigenvalue weighted by molar-refractivity contribution is -0.143. The minimum atomic E-state index is -0.436. The Hall–Kier alpha value is -1.55. The van der Waals surface area contributed by atoms with Gasteiger partial charge in [0.2, 0.25) is 0 Å². The first kappa shape index (κ1) is 15.8. The molecule has 0 radical (unpaired) electrons. The molecular weight excluding hydrogens is 266 g/mol. The molecular formula is C17H25NO3. The summed E-state index contributed by atoms with van der Waals surface area (Å²) in [7, 11) is 0. The number of esters is 1. The molecule has 1 aromatic rings. The van der Waals surface area contributed by atoms with Gasteiger partial charge in [0.1, 0.15) is 5.75 Å². The van der Waals surface area contributed by atoms with Gasteiger partial charge in [-0.2, -0.15) is 0 Å². The summed E-state index contributed by atoms with van der Waals surface area (Å²) in [5.74, 6) is 0.481. The van der Waals surface area contributed by atoms with E-state index in [1.165, 1.54) is 12.0 Å². The summed E-state index contributed by atoms with van der Waals surface area (Å²) in [5, 5.41) is 3.49. The predicted molar refractivity (Wildman–Crippen MR) is 82.5 cm³/mol. The van der Waals surface area contributed by atoms with E-state index in [-0.39, 0.29) is 5.97 Å². The van der Waals surface area contributed by atoms with Crippen LogP contribution in [0.4, 0.5) is 0 Å². The maximum absolute atomic E-state index is 11.4. The number of aryl methyl sites for hydroxylation is 1. The molecule has 0 aromatic heterocycles. The average molecular weight is 291 g/mol. The van der Waals surface area contributed by atoms with E-state index < -0.39 is 6.10 Å². The van der Waals surface area contributed by atoms with Gasteiger partial charge in [-0.15, -0.1) is 0 Å². The highest BCUT2D eigenvalue weighted by molar-refractivity contribution is 5.76. The van der Waals surface area contributed by atoms with Crippen LogP contribution in [-0.4, -0.2) is 31.3 Å². The molecule has 2 unspecified atom stereocenters. The van der Waals surface area contributed by atoms with E-state index in [0.717, 1.165) is 25.1 Å². The van der Waals surface area contributed by atoms with Gasteiger partial charge in [-0.1, -0.05) is 19.1 Å². The van der Waals surface area contributed by atoms with Crippen molar-refractivity contribution in [1.82, 2.24) is 5.32 Å². The highest BCUT2D eigenvalue weighted by Crippen LogP contribution is 2.19. The van der Waals surface area contributed by atoms with Crippen LogP contribution in [0.5, 0.6) is 5.75 Å². The number of hydrogen-bond donors (Lipinski definition) is 1. The molecule has 0 bridgehead atoms. The van der Waals surface area contributed by atoms with Crippen molar-refractivity contribution in [1.29, 1.82) is 0 Å². The number of cyclic esters (lactones) is 1. The summed E-state index contributed by atoms with van der Waals surface area (Å²) >= 11 is 0. The maximum atomic E-state index is 11.4. The van der Waals surface area contributed by atoms with E-state index in [9.17, 15) is 4.79 Å². The first-order chi connectivity index (χ1) is 10.2. The second kappa shape index (κ2) is 8.03. The normalized spacial score (nSPS) is 19.3. The molecule has 4 heteroatoms. The largest absolute Gasteiger partial charge is 0.479 e. The molecule has 1 saturated heterocycles. The standard InChI is InChI=1S/C17H25NO3/c1-3-11-18-13(2)4-5-14-6-8-15(9-7-14)21-16-10-12-20-17(16)19/h6-9,13,16,18H,3-5,10-12H2,1-2H3. The highest BCUT2D eigenvalue weighted by atomic mass is 16.6. The Morgan fingerprint density at radius 1 is 1.38 bits per heavy atom. The number of benzene rings is 1. The summed E-state index contributed by atoms with van der Waals surface area (Å²) in [6.45, 7) is 5.94. The molecule has 0 spiro atoms. The third kappa shape index (κ3) is 5.05. The lowest BCUT2D eigenvalue weighted by Crippen LogP contribution is -2.27. The number of ether oxygens (including phenoxy) is 2. The number of nitrogens with one attached hydrogen (secondary N) is 1. The minimum absolute atomic E-state index is 0.255. The van der Waals surface area contributed by atoms with Crippen molar-refractivity contribution in [2.45, 2.75) is 51.7 Å². The molecule has 4 nitrogen and oxygen atoms in total. The van der Waals surface area contributed by atoms with Crippen molar-refractivity contribution in [2.75, 3.05) is 13.2 Å². The summed E-state index contributed by atoms with van der Waals surface area (Å²) in [6, 6.07) is 8.55. The zero-order valence-corrected chi connectivity index (χ0v) is 12.9. The van der Waals surface area contributed by atoms with Crippen molar-refractivity contribution in [3.8, 4) is 5.75 Å². The Bertz CT molecular complexity index is 444. The lowest BCUT2D eigenvalue weighted by atomic mass is 10.1. The fraction of sp³-hybridized carbons (Fsp3) is 0.588. The van der Waals surface area contributed by atoms with Crippen molar-refractivity contribution < 1.29 is 14.3 Å². The molecule has 2 rings (SSSR count). The van der Waals surface area contributed by atoms with Gasteiger partial charge in [-0.25, -0.2) is 4.79 Å². The zero-order valence-electron chi connectivity index (χ0n) is 12.9. The molecule has 0 saturated carbocycles. The number of rotatable bonds is 8. The van der Waals surface area contributed by atoms with Crippen LogP contribution in [0.1, 0.15) is 38.7 Å². The summed E-state index contributed by atoms with van der Waals surface area (Å²) in [5.41, 5.74) is 1.29. The monoisotopic (exact) mass is 291 g/mol. The molecule has 116 valence electrons. The van der Waals surface area contributed by atoms with Crippen LogP contribution in [-0.2, 0) is 16.0 Å². The van der Waals surface area contributed by atoms with Crippen LogP contribution in [0.15, 0.2) is 24.3 Å². The fourth-order valence-electron chi connectivity index (χ4n) is 2.36. The van der Waals surface area contributed by atoms with Crippen LogP contribution < -0.4 is 10.1 Å². The van der Waals surface area contributed by atoms with Crippen molar-refractivity contribution in [3.63, 3.8) is 0 Å². The topological polar surface area (TPSA) is 47.6 Å². The molecule has 1 N–H and O–H groups in total. The predicted octanol–water partition coefficient (Wildman–Crippen LogP) is 2.70. The van der Waals surface area contributed by atoms with Crippen LogP contribution in [0, 0.1) is 0 Å². The van der Waals surface area contributed by atoms with E-state index in [2.05, 4.69) is 31.3 Å². The van der Waals surface area contributed by atoms with Crippen LogP contribution >= 0.6 is 0 Å². The van der Waals surface area contributed by atoms with Gasteiger partial charge < -0.3 is 14.8 Å². The van der Waals surface area contributed by atoms with Gasteiger partial charge in [0.25, 0.3) is 0 Å². The number of hydrogen-bond acceptors (Lipinski definition) is 4. The van der Waals surface area contributed by atoms with Gasteiger partial charge in [-0.05, 0) is 50.4 Å². The minimum Gasteiger partial charge on any atom is -0.479 e. The van der Waals surface area contributed by atoms with Crippen molar-refractivity contribution >= 4 is 5.97 Å². The highest BCUT2D eigenvalue weighted by Gasteiger charge is 2.28. The summed E-state index contributed by atoms with van der Waals surface area (Å²) < 4.78 is 10.5. The van der Waals surface area contributed by atoms with E-state index >= 15 is 0 Å². The molecule has 1 aliphatic heterocycles. The third-order valence-corrected chi connectivity index (χ3v) is 3.70. The van der Waals surface area contributed by atoms with Crippen LogP contribution in [0.3, 0.4) is 0 Å². The quantitative estimate of drug-likeness (QED) is 0.748. The Morgan fingerprint density at radius 2 is 2.14 bits per heavy atom. The first-order valence-corrected chi connectivity index (χ1v) is 7.84. The molecule has 21 heavy (non-hydrogen) atoms. The molecule has 0 amide bonds. The Morgan fingerprint density at radius 3 is 2.76 bits per heavy atom. The van der Waals surface area contributed by atoms with Gasteiger partial charge >= 0.3 is 5.97 Å². The van der Waals surface area contributed by atoms with Gasteiger partial charge in [0.05, 0.1) is 6.61 Å². The van der Waals surface area contributed by atoms with Gasteiger partial charge in [-0.3, -0.25) is 0 Å². The smallest absolute Gasteiger partial charge is 0.347 e. The lowest BCUT2D eigenvalue weighted by Gasteiger charge is -2.13. The molecule has 1 fully saturated rings. The SMILES string of the molecule is CCCNC(C)CCc1ccc(OC2CCOC2=O)cc1. The van der Waals surface area contributed by atoms with Crippen LogP contribution in [0.2, 0.25) is 0 Å². The molecule has 1 aromatic carbocycles. The van der Waals surface area contributed by atoms with E-state index in [1.807, 2.05) is 12.1 Å². The number of carbonyl (C=O) groups is 1. The fourth-order valence-corrected chi connectivity index (χ4v) is 2.36. The van der Waals surface area contributed by atoms with E-state index in [1.54, 1.807) is 0 Å². The summed E-state index contributed by atoms with van der Waals surface area (Å²) in [6.07, 6.45) is 3.54. The molecule has 0 aliphatic carbocycles. The van der Waals surface area contributed by atoms with Gasteiger partial charge in [0.15, 0.2) is 6.10 Å². The van der Waals surface area contributed by atoms with E-state index in [0.29, 0.717) is 19.1 Å². The van der Waals surface area contributed by atoms with Crippen molar-refractivity contribution in [3.05, 3.63) is 29.8 Å². The van der Waals surface area contributed by atoms with Crippen molar-refractivity contribution in [2.24, 2.45) is 0 Å². The van der Waals surface area contributed by atoms with Crippen LogP contribution in [0.25, 0.3) is 0 Å². The van der Waals surface area contributed by atoms with E-state index in [4.69, 9.17) is 9.47 Å². The zero-order chi connectivity index (χ0) is 15.1. The summed E-state index contributed by atoms with van der Waals surface area (Å²) in [4.78, 5) is 11.4. The average Bonchev–Trinajstić information content (AvgIpc) is 2.89. The Balaban J connectivity index is 1.77. The Labute approximate surface area is 126 Å². The Kier molecular flexibility index (Phi) is 6.05. The first-order valence-electron chi connectivity index (χ1n) is 7.84. The van der Waals surface area contributed by atoms with Gasteiger partial charge in [0, 0.05) is 12.5 Å².